The second-order valence-electron chi connectivity index (χ2n) is 3.03. The third kappa shape index (κ3) is 5.23. The van der Waals surface area contributed by atoms with E-state index in [0.29, 0.717) is 0 Å². The van der Waals surface area contributed by atoms with E-state index < -0.39 is 0 Å². The third-order valence-electron chi connectivity index (χ3n) is 1.95. The van der Waals surface area contributed by atoms with Crippen molar-refractivity contribution < 1.29 is 9.47 Å². The Kier molecular flexibility index (Phi) is 8.65. The van der Waals surface area contributed by atoms with Crippen molar-refractivity contribution in [3.8, 4) is 11.8 Å². The van der Waals surface area contributed by atoms with E-state index in [1.165, 1.54) is 0 Å². The van der Waals surface area contributed by atoms with Crippen molar-refractivity contribution in [3.05, 3.63) is 0 Å². The summed E-state index contributed by atoms with van der Waals surface area (Å²) >= 11 is 0. The Balaban J connectivity index is 4.10. The van der Waals surface area contributed by atoms with Gasteiger partial charge in [0.15, 0.2) is 6.29 Å². The van der Waals surface area contributed by atoms with Crippen LogP contribution in [0.25, 0.3) is 0 Å². The Morgan fingerprint density at radius 1 is 1.29 bits per heavy atom. The van der Waals surface area contributed by atoms with Crippen LogP contribution in [0.4, 0.5) is 0 Å². The van der Waals surface area contributed by atoms with Crippen molar-refractivity contribution in [2.24, 2.45) is 0 Å². The van der Waals surface area contributed by atoms with Crippen molar-refractivity contribution in [1.29, 1.82) is 0 Å². The second kappa shape index (κ2) is 9.01. The molecule has 0 aliphatic heterocycles. The molecule has 0 rings (SSSR count). The van der Waals surface area contributed by atoms with Gasteiger partial charge in [-0.3, -0.25) is 0 Å². The number of ether oxygens (including phenoxy) is 2. The molecule has 82 valence electrons. The lowest BCUT2D eigenvalue weighted by atomic mass is 10.2. The van der Waals surface area contributed by atoms with Gasteiger partial charge in [-0.05, 0) is 19.9 Å². The van der Waals surface area contributed by atoms with Crippen LogP contribution in [-0.4, -0.2) is 33.1 Å². The molecule has 0 aromatic rings. The molecule has 14 heavy (non-hydrogen) atoms. The first-order valence-corrected chi connectivity index (χ1v) is 4.98. The van der Waals surface area contributed by atoms with Gasteiger partial charge in [0.2, 0.25) is 0 Å². The zero-order chi connectivity index (χ0) is 10.8. The summed E-state index contributed by atoms with van der Waals surface area (Å²) in [6, 6.07) is 0.150. The molecule has 1 N–H and O–H groups in total. The van der Waals surface area contributed by atoms with Crippen LogP contribution in [-0.2, 0) is 9.47 Å². The molecule has 0 fully saturated rings. The fraction of sp³-hybridized carbons (Fsp3) is 0.818. The molecule has 0 saturated heterocycles. The highest BCUT2D eigenvalue weighted by Crippen LogP contribution is 2.03. The van der Waals surface area contributed by atoms with Crippen molar-refractivity contribution in [2.45, 2.75) is 39.0 Å². The lowest BCUT2D eigenvalue weighted by Gasteiger charge is -2.24. The highest BCUT2D eigenvalue weighted by atomic mass is 16.7. The van der Waals surface area contributed by atoms with Crippen molar-refractivity contribution in [1.82, 2.24) is 5.32 Å². The number of nitrogens with one attached hydrogen (secondary N) is 1. The fourth-order valence-corrected chi connectivity index (χ4v) is 1.23. The minimum atomic E-state index is -0.220. The van der Waals surface area contributed by atoms with Crippen LogP contribution in [0.1, 0.15) is 26.7 Å². The average Bonchev–Trinajstić information content (AvgIpc) is 2.22. The van der Waals surface area contributed by atoms with Gasteiger partial charge in [0.1, 0.15) is 0 Å². The zero-order valence-corrected chi connectivity index (χ0v) is 9.59. The van der Waals surface area contributed by atoms with Crippen LogP contribution in [0.2, 0.25) is 0 Å². The minimum Gasteiger partial charge on any atom is -0.354 e. The molecular formula is C11H21NO2. The van der Waals surface area contributed by atoms with Crippen LogP contribution in [0.3, 0.4) is 0 Å². The summed E-state index contributed by atoms with van der Waals surface area (Å²) in [4.78, 5) is 0. The topological polar surface area (TPSA) is 30.5 Å². The lowest BCUT2D eigenvalue weighted by molar-refractivity contribution is -0.121. The Morgan fingerprint density at radius 3 is 2.36 bits per heavy atom. The maximum atomic E-state index is 5.20. The third-order valence-corrected chi connectivity index (χ3v) is 1.95. The number of rotatable bonds is 7. The second-order valence-corrected chi connectivity index (χ2v) is 3.03. The Hall–Kier alpha value is -0.560. The number of hydrogen-bond donors (Lipinski definition) is 1. The first-order chi connectivity index (χ1) is 6.79. The highest BCUT2D eigenvalue weighted by Gasteiger charge is 2.18. The van der Waals surface area contributed by atoms with E-state index in [1.807, 2.05) is 6.92 Å². The van der Waals surface area contributed by atoms with E-state index >= 15 is 0 Å². The van der Waals surface area contributed by atoms with E-state index in [0.717, 1.165) is 19.4 Å². The highest BCUT2D eigenvalue weighted by molar-refractivity contribution is 4.98. The first-order valence-electron chi connectivity index (χ1n) is 4.98. The van der Waals surface area contributed by atoms with E-state index in [2.05, 4.69) is 24.1 Å². The molecular weight excluding hydrogens is 178 g/mol. The molecule has 0 aliphatic carbocycles. The van der Waals surface area contributed by atoms with Crippen molar-refractivity contribution >= 4 is 0 Å². The average molecular weight is 199 g/mol. The lowest BCUT2D eigenvalue weighted by Crippen LogP contribution is -2.42. The largest absolute Gasteiger partial charge is 0.354 e. The number of hydrogen-bond acceptors (Lipinski definition) is 3. The minimum absolute atomic E-state index is 0.150. The summed E-state index contributed by atoms with van der Waals surface area (Å²) in [6.45, 7) is 4.93. The molecule has 3 nitrogen and oxygen atoms in total. The van der Waals surface area contributed by atoms with E-state index in [4.69, 9.17) is 9.47 Å². The Morgan fingerprint density at radius 2 is 1.93 bits per heavy atom. The van der Waals surface area contributed by atoms with Crippen LogP contribution in [0.5, 0.6) is 0 Å². The van der Waals surface area contributed by atoms with Gasteiger partial charge in [-0.25, -0.2) is 0 Å². The van der Waals surface area contributed by atoms with Crippen LogP contribution in [0.15, 0.2) is 0 Å². The van der Waals surface area contributed by atoms with Gasteiger partial charge in [0, 0.05) is 20.6 Å². The van der Waals surface area contributed by atoms with E-state index in [9.17, 15) is 0 Å². The van der Waals surface area contributed by atoms with Crippen molar-refractivity contribution in [2.75, 3.05) is 20.8 Å². The molecule has 0 saturated carbocycles. The van der Waals surface area contributed by atoms with Gasteiger partial charge >= 0.3 is 0 Å². The zero-order valence-electron chi connectivity index (χ0n) is 9.59. The maximum Gasteiger partial charge on any atom is 0.172 e. The normalized spacial score (nSPS) is 12.4. The molecule has 1 unspecified atom stereocenters. The summed E-state index contributed by atoms with van der Waals surface area (Å²) in [5.41, 5.74) is 0. The molecule has 1 atom stereocenters. The molecule has 0 aliphatic rings. The SMILES string of the molecule is CC#CCC(NCCC)C(OC)OC. The summed E-state index contributed by atoms with van der Waals surface area (Å²) in [5.74, 6) is 5.91. The maximum absolute atomic E-state index is 5.20. The molecule has 0 heterocycles. The van der Waals surface area contributed by atoms with E-state index in [-0.39, 0.29) is 12.3 Å². The summed E-state index contributed by atoms with van der Waals surface area (Å²) in [7, 11) is 3.29. The molecule has 0 aromatic carbocycles. The van der Waals surface area contributed by atoms with Crippen LogP contribution >= 0.6 is 0 Å². The molecule has 3 heteroatoms. The van der Waals surface area contributed by atoms with Gasteiger partial charge in [0.25, 0.3) is 0 Å². The fourth-order valence-electron chi connectivity index (χ4n) is 1.23. The predicted octanol–water partition coefficient (Wildman–Crippen LogP) is 1.39. The first kappa shape index (κ1) is 13.4. The molecule has 0 amide bonds. The van der Waals surface area contributed by atoms with Gasteiger partial charge < -0.3 is 14.8 Å². The van der Waals surface area contributed by atoms with Crippen LogP contribution < -0.4 is 5.32 Å². The van der Waals surface area contributed by atoms with Gasteiger partial charge in [-0.15, -0.1) is 11.8 Å². The van der Waals surface area contributed by atoms with Crippen molar-refractivity contribution in [3.63, 3.8) is 0 Å². The Bertz CT molecular complexity index is 179. The monoisotopic (exact) mass is 199 g/mol. The van der Waals surface area contributed by atoms with E-state index in [1.54, 1.807) is 14.2 Å². The number of methoxy groups -OCH3 is 2. The smallest absolute Gasteiger partial charge is 0.172 e. The predicted molar refractivity (Wildman–Crippen MR) is 58.0 cm³/mol. The quantitative estimate of drug-likeness (QED) is 0.496. The van der Waals surface area contributed by atoms with Crippen LogP contribution in [0, 0.1) is 11.8 Å². The summed E-state index contributed by atoms with van der Waals surface area (Å²) < 4.78 is 10.4. The standard InChI is InChI=1S/C11H21NO2/c1-5-7-8-10(12-9-6-2)11(13-3)14-4/h10-12H,6,8-9H2,1-4H3. The Labute approximate surface area is 87.2 Å². The molecule has 0 spiro atoms. The van der Waals surface area contributed by atoms with Gasteiger partial charge in [-0.2, -0.15) is 0 Å². The summed E-state index contributed by atoms with van der Waals surface area (Å²) in [6.07, 6.45) is 1.63. The van der Waals surface area contributed by atoms with Gasteiger partial charge in [0.05, 0.1) is 6.04 Å². The molecule has 0 radical (unpaired) electrons. The molecule has 0 aromatic heterocycles. The molecule has 0 bridgehead atoms. The summed E-state index contributed by atoms with van der Waals surface area (Å²) in [5, 5.41) is 3.35. The van der Waals surface area contributed by atoms with Gasteiger partial charge in [-0.1, -0.05) is 6.92 Å².